The van der Waals surface area contributed by atoms with E-state index in [4.69, 9.17) is 33.2 Å². The van der Waals surface area contributed by atoms with Crippen molar-refractivity contribution in [3.63, 3.8) is 0 Å². The Morgan fingerprint density at radius 1 is 0.205 bits per heavy atom. The van der Waals surface area contributed by atoms with Gasteiger partial charge >= 0.3 is 0 Å². The molecule has 0 saturated carbocycles. The maximum Gasteiger partial charge on any atom is 0.261 e. The molecule has 0 fully saturated rings. The van der Waals surface area contributed by atoms with Crippen LogP contribution in [0.3, 0.4) is 0 Å². The lowest BCUT2D eigenvalue weighted by molar-refractivity contribution is 0.0647. The van der Waals surface area contributed by atoms with E-state index in [1.165, 1.54) is 35.8 Å². The van der Waals surface area contributed by atoms with Crippen molar-refractivity contribution >= 4 is 70.9 Å². The van der Waals surface area contributed by atoms with Gasteiger partial charge < -0.3 is 33.2 Å². The summed E-state index contributed by atoms with van der Waals surface area (Å²) in [5, 5.41) is 0. The number of hydrogen-bond acceptors (Lipinski definition) is 19. The van der Waals surface area contributed by atoms with Crippen molar-refractivity contribution in [2.24, 2.45) is 0 Å². The lowest BCUT2D eigenvalue weighted by atomic mass is 9.78. The quantitative estimate of drug-likeness (QED) is 0.0604. The minimum Gasteiger partial charge on any atom is -0.457 e. The maximum atomic E-state index is 12.5. The van der Waals surface area contributed by atoms with Crippen LogP contribution in [0.4, 0.5) is 0 Å². The number of nitrogens with zero attached hydrogens (tertiary/aromatic N) is 6. The number of imide groups is 6. The highest BCUT2D eigenvalue weighted by Gasteiger charge is 2.40. The third-order valence-electron chi connectivity index (χ3n) is 21.7. The van der Waals surface area contributed by atoms with Crippen molar-refractivity contribution in [3.05, 3.63) is 344 Å². The first kappa shape index (κ1) is 79.9. The van der Waals surface area contributed by atoms with Gasteiger partial charge in [-0.2, -0.15) is 0 Å². The Balaban J connectivity index is 0.000000136. The molecule has 0 spiro atoms. The number of hydrogen-bond donors (Lipinski definition) is 0. The third kappa shape index (κ3) is 15.4. The molecule has 0 unspecified atom stereocenters. The minimum absolute atomic E-state index is 0.275. The van der Waals surface area contributed by atoms with Gasteiger partial charge in [-0.15, -0.1) is 0 Å². The van der Waals surface area contributed by atoms with Crippen molar-refractivity contribution in [2.45, 2.75) is 46.5 Å². The molecule has 606 valence electrons. The Kier molecular flexibility index (Phi) is 21.3. The predicted molar refractivity (Wildman–Crippen MR) is 445 cm³/mol. The summed E-state index contributed by atoms with van der Waals surface area (Å²) in [4.78, 5) is 154. The molecule has 12 aromatic carbocycles. The van der Waals surface area contributed by atoms with Gasteiger partial charge in [-0.3, -0.25) is 86.9 Å². The Morgan fingerprint density at radius 3 is 0.574 bits per heavy atom. The van der Waals surface area contributed by atoms with Gasteiger partial charge in [0.2, 0.25) is 0 Å². The fraction of sp³-hybridized carbons (Fsp3) is 0.134. The smallest absolute Gasteiger partial charge is 0.261 e. The van der Waals surface area contributed by atoms with Crippen LogP contribution < -0.4 is 33.2 Å². The second-order valence-corrected chi connectivity index (χ2v) is 29.6. The first-order chi connectivity index (χ1) is 58.7. The standard InChI is InChI=1S/C34H28N2O6.C32H24N2O6.C31H22N2O7/c1-5-36-32(39)27-17-15-25(19-29(27)33(36)40)42-23-12-8-21(9-13-23)34(2,3)20-6-10-22(11-7-20)41-24-14-16-26-28(18-24)31(38)35(4)30(26)37;1-3-34-31(37)26-15-13-24(18-28(26)32(34)38)40-22-10-6-20(7-11-22)16-19-4-8-21(9-5-19)39-23-12-14-25-27(17-23)30(36)33(2)29(25)35;1-3-33-30(36)25-15-13-23(17-27(25)31(33)37)40-21-10-6-19(7-11-21)38-18-4-8-20(9-5-18)39-22-12-14-24-26(16-22)29(35)32(2)28(24)34/h6-19H,5H2,1-4H3;4-15,17-18H,3,16H2,1-2H3;4-17H,3H2,1-2H3. The molecular formula is C97H74N6O19. The summed E-state index contributed by atoms with van der Waals surface area (Å²) in [6, 6.07) is 74.1. The third-order valence-corrected chi connectivity index (χ3v) is 21.7. The van der Waals surface area contributed by atoms with Gasteiger partial charge in [0.05, 0.1) is 66.8 Å². The molecule has 0 radical (unpaired) electrons. The van der Waals surface area contributed by atoms with Crippen LogP contribution in [0.2, 0.25) is 0 Å². The highest BCUT2D eigenvalue weighted by Crippen LogP contribution is 2.40. The second-order valence-electron chi connectivity index (χ2n) is 29.6. The van der Waals surface area contributed by atoms with Gasteiger partial charge in [0.15, 0.2) is 0 Å². The van der Waals surface area contributed by atoms with Gasteiger partial charge in [-0.25, -0.2) is 0 Å². The lowest BCUT2D eigenvalue weighted by Crippen LogP contribution is -2.29. The summed E-state index contributed by atoms with van der Waals surface area (Å²) in [5.41, 5.74) is 8.35. The summed E-state index contributed by atoms with van der Waals surface area (Å²) in [6.07, 6.45) is 0.699. The average molecular weight is 1630 g/mol. The van der Waals surface area contributed by atoms with Crippen LogP contribution >= 0.6 is 0 Å². The average Bonchev–Trinajstić information content (AvgIpc) is 1.57. The highest BCUT2D eigenvalue weighted by atomic mass is 16.5. The SMILES string of the molecule is CCN1C(=O)c2ccc(Oc3ccc(C(C)(C)c4ccc(Oc5ccc6c(c5)C(=O)N(C)C6=O)cc4)cc3)cc2C1=O.CCN1C(=O)c2ccc(Oc3ccc(Cc4ccc(Oc5ccc6c(c5)C(=O)N(C)C6=O)cc4)cc3)cc2C1=O.CCN1C(=O)c2ccc(Oc3ccc(Oc4ccc(Oc5ccc6c(c5)C(=O)N(C)C6=O)cc4)cc3)cc2C1=O. The van der Waals surface area contributed by atoms with Crippen LogP contribution in [0, 0.1) is 0 Å². The van der Waals surface area contributed by atoms with Gasteiger partial charge in [-0.05, 0) is 256 Å². The number of benzene rings is 12. The van der Waals surface area contributed by atoms with E-state index in [0.717, 1.165) is 37.0 Å². The summed E-state index contributed by atoms with van der Waals surface area (Å²) in [7, 11) is 4.38. The fourth-order valence-corrected chi connectivity index (χ4v) is 14.8. The van der Waals surface area contributed by atoms with Crippen LogP contribution in [0.15, 0.2) is 255 Å². The number of fused-ring (bicyclic) bond motifs is 6. The van der Waals surface area contributed by atoms with E-state index in [9.17, 15) is 57.5 Å². The molecule has 0 aromatic heterocycles. The normalized spacial score (nSPS) is 14.1. The Labute approximate surface area is 698 Å². The van der Waals surface area contributed by atoms with E-state index in [1.54, 1.807) is 178 Å². The Hall–Kier alpha value is -15.9. The number of ether oxygens (including phenoxy) is 7. The summed E-state index contributed by atoms with van der Waals surface area (Å²) >= 11 is 0. The number of carbonyl (C=O) groups is 12. The molecule has 6 aliphatic rings. The molecule has 122 heavy (non-hydrogen) atoms. The van der Waals surface area contributed by atoms with E-state index < -0.39 is 0 Å². The largest absolute Gasteiger partial charge is 0.457 e. The number of carbonyl (C=O) groups excluding carboxylic acids is 12. The molecule has 12 amide bonds. The second kappa shape index (κ2) is 32.5. The molecule has 12 aromatic rings. The highest BCUT2D eigenvalue weighted by molar-refractivity contribution is 6.25. The first-order valence-corrected chi connectivity index (χ1v) is 39.0. The Morgan fingerprint density at radius 2 is 0.361 bits per heavy atom. The predicted octanol–water partition coefficient (Wildman–Crippen LogP) is 18.0. The van der Waals surface area contributed by atoms with Crippen molar-refractivity contribution in [3.8, 4) is 80.5 Å². The molecule has 18 rings (SSSR count). The molecule has 6 heterocycles. The number of amides is 12. The Bertz CT molecular complexity index is 6130. The summed E-state index contributed by atoms with van der Waals surface area (Å²) in [6.45, 7) is 10.5. The van der Waals surface area contributed by atoms with Crippen LogP contribution in [-0.2, 0) is 11.8 Å². The first-order valence-electron chi connectivity index (χ1n) is 39.0. The van der Waals surface area contributed by atoms with Crippen LogP contribution in [0.25, 0.3) is 0 Å². The van der Waals surface area contributed by atoms with E-state index in [0.29, 0.717) is 173 Å². The zero-order valence-electron chi connectivity index (χ0n) is 67.0. The summed E-state index contributed by atoms with van der Waals surface area (Å²) in [5.74, 6) is 3.83. The van der Waals surface area contributed by atoms with Crippen molar-refractivity contribution in [1.82, 2.24) is 29.4 Å². The molecule has 0 aliphatic carbocycles. The molecular weight excluding hydrogens is 1550 g/mol. The molecule has 0 bridgehead atoms. The van der Waals surface area contributed by atoms with Crippen LogP contribution in [-0.4, -0.2) is 141 Å². The van der Waals surface area contributed by atoms with E-state index in [1.807, 2.05) is 97.1 Å². The fourth-order valence-electron chi connectivity index (χ4n) is 14.8. The van der Waals surface area contributed by atoms with E-state index in [-0.39, 0.29) is 76.3 Å². The van der Waals surface area contributed by atoms with E-state index in [2.05, 4.69) is 13.8 Å². The van der Waals surface area contributed by atoms with Crippen LogP contribution in [0.1, 0.15) is 181 Å². The van der Waals surface area contributed by atoms with Crippen molar-refractivity contribution in [2.75, 3.05) is 40.8 Å². The van der Waals surface area contributed by atoms with E-state index >= 15 is 0 Å². The van der Waals surface area contributed by atoms with Gasteiger partial charge in [0.25, 0.3) is 70.9 Å². The molecule has 25 nitrogen and oxygen atoms in total. The molecule has 0 atom stereocenters. The monoisotopic (exact) mass is 1630 g/mol. The molecule has 6 aliphatic heterocycles. The number of rotatable bonds is 21. The van der Waals surface area contributed by atoms with Crippen molar-refractivity contribution in [1.29, 1.82) is 0 Å². The van der Waals surface area contributed by atoms with Gasteiger partial charge in [0.1, 0.15) is 80.5 Å². The lowest BCUT2D eigenvalue weighted by Gasteiger charge is -2.26. The molecule has 0 saturated heterocycles. The minimum atomic E-state index is -0.354. The molecule has 0 N–H and O–H groups in total. The zero-order valence-corrected chi connectivity index (χ0v) is 67.0. The van der Waals surface area contributed by atoms with Crippen molar-refractivity contribution < 1.29 is 90.7 Å². The van der Waals surface area contributed by atoms with Gasteiger partial charge in [0, 0.05) is 46.2 Å². The maximum absolute atomic E-state index is 12.5. The summed E-state index contributed by atoms with van der Waals surface area (Å²) < 4.78 is 41.5. The topological polar surface area (TPSA) is 289 Å². The van der Waals surface area contributed by atoms with Crippen LogP contribution in [0.5, 0.6) is 80.5 Å². The van der Waals surface area contributed by atoms with Gasteiger partial charge in [-0.1, -0.05) is 62.4 Å². The zero-order chi connectivity index (χ0) is 85.7. The molecule has 25 heteroatoms.